The van der Waals surface area contributed by atoms with Gasteiger partial charge >= 0.3 is 0 Å². The molecule has 0 aliphatic heterocycles. The molecular weight excluding hydrogens is 384 g/mol. The summed E-state index contributed by atoms with van der Waals surface area (Å²) in [5.41, 5.74) is 7.73. The smallest absolute Gasteiger partial charge is 0.239 e. The van der Waals surface area contributed by atoms with Crippen LogP contribution in [0.4, 0.5) is 11.4 Å². The minimum Gasteiger partial charge on any atom is -0.506 e. The Bertz CT molecular complexity index is 646. The molecule has 0 heterocycles. The zero-order valence-corrected chi connectivity index (χ0v) is 15.3. The lowest BCUT2D eigenvalue weighted by atomic mass is 10.2. The van der Waals surface area contributed by atoms with Crippen molar-refractivity contribution in [1.29, 1.82) is 0 Å². The standard InChI is InChI=1S/C9H10ClNO2.C7H9NO.BrH/c1-6-3-2-4-7(9(6)13)11-8(12)5-10;1-5-3-2-4-6(8)7(5)9;/h2-4,13H,5H2,1H3,(H,11,12);2-4,9H,8H2,1H3;1H. The Hall–Kier alpha value is -1.92. The Kier molecular flexibility index (Phi) is 9.14. The van der Waals surface area contributed by atoms with Crippen LogP contribution >= 0.6 is 28.6 Å². The largest absolute Gasteiger partial charge is 0.506 e. The molecule has 2 aromatic rings. The molecule has 0 aliphatic rings. The van der Waals surface area contributed by atoms with Gasteiger partial charge in [-0.3, -0.25) is 4.79 Å². The van der Waals surface area contributed by atoms with Crippen LogP contribution in [0.25, 0.3) is 0 Å². The van der Waals surface area contributed by atoms with E-state index in [0.29, 0.717) is 16.9 Å². The number of nitrogens with two attached hydrogens (primary N) is 1. The number of carbonyl (C=O) groups excluding carboxylic acids is 1. The second-order valence-electron chi connectivity index (χ2n) is 4.67. The molecule has 2 aromatic carbocycles. The maximum atomic E-state index is 10.9. The molecular formula is C16H20BrClN2O3. The molecule has 0 bridgehead atoms. The molecule has 0 saturated heterocycles. The van der Waals surface area contributed by atoms with Gasteiger partial charge in [0.2, 0.25) is 5.91 Å². The number of para-hydroxylation sites is 2. The zero-order chi connectivity index (χ0) is 16.7. The van der Waals surface area contributed by atoms with Gasteiger partial charge in [0.05, 0.1) is 11.4 Å². The Balaban J connectivity index is 0.000000427. The molecule has 0 fully saturated rings. The van der Waals surface area contributed by atoms with Gasteiger partial charge in [-0.25, -0.2) is 0 Å². The van der Waals surface area contributed by atoms with E-state index in [2.05, 4.69) is 5.32 Å². The molecule has 0 aliphatic carbocycles. The summed E-state index contributed by atoms with van der Waals surface area (Å²) in [5, 5.41) is 21.0. The number of aromatic hydroxyl groups is 2. The number of nitrogen functional groups attached to an aromatic ring is 1. The van der Waals surface area contributed by atoms with Crippen LogP contribution in [0.2, 0.25) is 0 Å². The highest BCUT2D eigenvalue weighted by Gasteiger charge is 2.05. The molecule has 126 valence electrons. The predicted octanol–water partition coefficient (Wildman–Crippen LogP) is 3.74. The van der Waals surface area contributed by atoms with Gasteiger partial charge in [-0.2, -0.15) is 0 Å². The van der Waals surface area contributed by atoms with Gasteiger partial charge in [0.15, 0.2) is 0 Å². The van der Waals surface area contributed by atoms with Gasteiger partial charge in [0.25, 0.3) is 0 Å². The van der Waals surface area contributed by atoms with Crippen LogP contribution < -0.4 is 11.1 Å². The SMILES string of the molecule is Br.Cc1cccc(N)c1O.Cc1cccc(NC(=O)CCl)c1O. The van der Waals surface area contributed by atoms with Crippen molar-refractivity contribution in [1.82, 2.24) is 0 Å². The number of hydrogen-bond acceptors (Lipinski definition) is 4. The maximum absolute atomic E-state index is 10.9. The number of alkyl halides is 1. The molecule has 1 amide bonds. The third kappa shape index (κ3) is 6.38. The monoisotopic (exact) mass is 402 g/mol. The molecule has 5 N–H and O–H groups in total. The van der Waals surface area contributed by atoms with E-state index in [-0.39, 0.29) is 40.3 Å². The third-order valence-electron chi connectivity index (χ3n) is 2.90. The number of hydrogen-bond donors (Lipinski definition) is 4. The van der Waals surface area contributed by atoms with Crippen molar-refractivity contribution in [2.24, 2.45) is 0 Å². The number of halogens is 2. The molecule has 0 radical (unpaired) electrons. The number of benzene rings is 2. The van der Waals surface area contributed by atoms with Crippen molar-refractivity contribution in [3.05, 3.63) is 47.5 Å². The van der Waals surface area contributed by atoms with Crippen LogP contribution in [-0.4, -0.2) is 22.0 Å². The predicted molar refractivity (Wildman–Crippen MR) is 99.8 cm³/mol. The summed E-state index contributed by atoms with van der Waals surface area (Å²) in [6.07, 6.45) is 0. The molecule has 23 heavy (non-hydrogen) atoms. The first-order valence-corrected chi connectivity index (χ1v) is 7.08. The topological polar surface area (TPSA) is 95.6 Å². The number of rotatable bonds is 2. The molecule has 0 spiro atoms. The van der Waals surface area contributed by atoms with Gasteiger partial charge in [-0.05, 0) is 37.1 Å². The lowest BCUT2D eigenvalue weighted by Crippen LogP contribution is -2.12. The average Bonchev–Trinajstić information content (AvgIpc) is 2.50. The fourth-order valence-electron chi connectivity index (χ4n) is 1.63. The second kappa shape index (κ2) is 9.97. The first kappa shape index (κ1) is 21.1. The highest BCUT2D eigenvalue weighted by atomic mass is 79.9. The van der Waals surface area contributed by atoms with Gasteiger partial charge in [0, 0.05) is 0 Å². The van der Waals surface area contributed by atoms with E-state index in [0.717, 1.165) is 5.56 Å². The van der Waals surface area contributed by atoms with Gasteiger partial charge in [0.1, 0.15) is 17.4 Å². The number of phenols is 2. The Morgan fingerprint density at radius 1 is 1.09 bits per heavy atom. The van der Waals surface area contributed by atoms with E-state index in [1.54, 1.807) is 31.2 Å². The number of nitrogens with one attached hydrogen (secondary N) is 1. The molecule has 0 unspecified atom stereocenters. The quantitative estimate of drug-likeness (QED) is 0.349. The van der Waals surface area contributed by atoms with Crippen LogP contribution in [0.15, 0.2) is 36.4 Å². The first-order chi connectivity index (χ1) is 10.4. The van der Waals surface area contributed by atoms with Crippen molar-refractivity contribution in [2.75, 3.05) is 16.9 Å². The number of aryl methyl sites for hydroxylation is 2. The van der Waals surface area contributed by atoms with Crippen molar-refractivity contribution < 1.29 is 15.0 Å². The van der Waals surface area contributed by atoms with Crippen LogP contribution in [0, 0.1) is 13.8 Å². The summed E-state index contributed by atoms with van der Waals surface area (Å²) in [6, 6.07) is 10.4. The van der Waals surface area contributed by atoms with Crippen molar-refractivity contribution >= 4 is 45.9 Å². The second-order valence-corrected chi connectivity index (χ2v) is 4.93. The van der Waals surface area contributed by atoms with E-state index >= 15 is 0 Å². The fraction of sp³-hybridized carbons (Fsp3) is 0.188. The van der Waals surface area contributed by atoms with E-state index in [1.807, 2.05) is 19.1 Å². The molecule has 7 heteroatoms. The highest BCUT2D eigenvalue weighted by molar-refractivity contribution is 8.93. The number of phenolic OH excluding ortho intramolecular Hbond substituents is 2. The highest BCUT2D eigenvalue weighted by Crippen LogP contribution is 2.26. The maximum Gasteiger partial charge on any atom is 0.239 e. The lowest BCUT2D eigenvalue weighted by molar-refractivity contribution is -0.113. The lowest BCUT2D eigenvalue weighted by Gasteiger charge is -2.06. The molecule has 0 aromatic heterocycles. The summed E-state index contributed by atoms with van der Waals surface area (Å²) in [7, 11) is 0. The molecule has 5 nitrogen and oxygen atoms in total. The summed E-state index contributed by atoms with van der Waals surface area (Å²) >= 11 is 5.30. The minimum atomic E-state index is -0.331. The van der Waals surface area contributed by atoms with Crippen molar-refractivity contribution in [2.45, 2.75) is 13.8 Å². The third-order valence-corrected chi connectivity index (χ3v) is 3.14. The fourth-order valence-corrected chi connectivity index (χ4v) is 1.69. The van der Waals surface area contributed by atoms with Crippen LogP contribution in [0.1, 0.15) is 11.1 Å². The van der Waals surface area contributed by atoms with Crippen molar-refractivity contribution in [3.8, 4) is 11.5 Å². The van der Waals surface area contributed by atoms with E-state index in [4.69, 9.17) is 22.4 Å². The summed E-state index contributed by atoms with van der Waals surface area (Å²) in [5.74, 6) is -0.172. The molecule has 0 atom stereocenters. The van der Waals surface area contributed by atoms with E-state index in [9.17, 15) is 9.90 Å². The number of amides is 1. The molecule has 2 rings (SSSR count). The van der Waals surface area contributed by atoms with Gasteiger partial charge < -0.3 is 21.3 Å². The van der Waals surface area contributed by atoms with E-state index < -0.39 is 0 Å². The molecule has 0 saturated carbocycles. The summed E-state index contributed by atoms with van der Waals surface area (Å²) < 4.78 is 0. The summed E-state index contributed by atoms with van der Waals surface area (Å²) in [6.45, 7) is 3.57. The number of carbonyl (C=O) groups is 1. The Morgan fingerprint density at radius 2 is 1.61 bits per heavy atom. The Labute approximate surface area is 150 Å². The average molecular weight is 404 g/mol. The van der Waals surface area contributed by atoms with Crippen LogP contribution in [0.5, 0.6) is 11.5 Å². The minimum absolute atomic E-state index is 0. The van der Waals surface area contributed by atoms with Crippen molar-refractivity contribution in [3.63, 3.8) is 0 Å². The Morgan fingerprint density at radius 3 is 2.09 bits per heavy atom. The summed E-state index contributed by atoms with van der Waals surface area (Å²) in [4.78, 5) is 10.9. The van der Waals surface area contributed by atoms with Crippen LogP contribution in [-0.2, 0) is 4.79 Å². The zero-order valence-electron chi connectivity index (χ0n) is 12.8. The van der Waals surface area contributed by atoms with Gasteiger partial charge in [-0.1, -0.05) is 24.3 Å². The first-order valence-electron chi connectivity index (χ1n) is 6.55. The van der Waals surface area contributed by atoms with Gasteiger partial charge in [-0.15, -0.1) is 28.6 Å². The van der Waals surface area contributed by atoms with E-state index in [1.165, 1.54) is 0 Å². The van der Waals surface area contributed by atoms with Crippen LogP contribution in [0.3, 0.4) is 0 Å². The normalized spacial score (nSPS) is 9.17. The number of anilines is 2.